The van der Waals surface area contributed by atoms with Crippen LogP contribution in [-0.2, 0) is 0 Å². The minimum Gasteiger partial charge on any atom is -0.399 e. The first kappa shape index (κ1) is 8.76. The van der Waals surface area contributed by atoms with Crippen LogP contribution in [0.15, 0.2) is 17.5 Å². The number of fused-ring (bicyclic) bond motifs is 1. The smallest absolute Gasteiger partial charge is 0.287 e. The first-order valence-electron chi connectivity index (χ1n) is 3.80. The molecule has 14 heavy (non-hydrogen) atoms. The van der Waals surface area contributed by atoms with Crippen LogP contribution in [-0.4, -0.2) is 4.92 Å². The lowest BCUT2D eigenvalue weighted by Gasteiger charge is -1.97. The average Bonchev–Trinajstić information content (AvgIpc) is 2.47. The Labute approximate surface area is 83.1 Å². The Balaban J connectivity index is 2.85. The van der Waals surface area contributed by atoms with Crippen LogP contribution in [0.2, 0.25) is 0 Å². The molecule has 6 heteroatoms. The lowest BCUT2D eigenvalue weighted by molar-refractivity contribution is -0.382. The van der Waals surface area contributed by atoms with Crippen molar-refractivity contribution in [3.05, 3.63) is 27.6 Å². The number of hydrogen-bond acceptors (Lipinski definition) is 5. The van der Waals surface area contributed by atoms with Crippen LogP contribution in [0.25, 0.3) is 10.1 Å². The molecule has 1 heterocycles. The van der Waals surface area contributed by atoms with Crippen LogP contribution in [0.5, 0.6) is 0 Å². The first-order chi connectivity index (χ1) is 6.59. The molecule has 0 amide bonds. The molecule has 1 aromatic carbocycles. The Bertz CT molecular complexity index is 521. The molecule has 0 bridgehead atoms. The van der Waals surface area contributed by atoms with Crippen molar-refractivity contribution < 1.29 is 4.92 Å². The maximum absolute atomic E-state index is 10.6. The third-order valence-electron chi connectivity index (χ3n) is 1.90. The van der Waals surface area contributed by atoms with Crippen molar-refractivity contribution in [2.24, 2.45) is 0 Å². The van der Waals surface area contributed by atoms with Crippen LogP contribution in [0.1, 0.15) is 0 Å². The number of rotatable bonds is 1. The summed E-state index contributed by atoms with van der Waals surface area (Å²) in [5.41, 5.74) is 12.2. The number of nitro groups is 1. The predicted octanol–water partition coefficient (Wildman–Crippen LogP) is 1.97. The first-order valence-corrected chi connectivity index (χ1v) is 4.68. The van der Waals surface area contributed by atoms with Crippen LogP contribution in [0.4, 0.5) is 17.1 Å². The van der Waals surface area contributed by atoms with Gasteiger partial charge in [-0.1, -0.05) is 0 Å². The minimum atomic E-state index is -0.433. The number of hydrogen-bond donors (Lipinski definition) is 2. The van der Waals surface area contributed by atoms with Crippen molar-refractivity contribution in [1.82, 2.24) is 0 Å². The van der Waals surface area contributed by atoms with Gasteiger partial charge in [-0.2, -0.15) is 0 Å². The minimum absolute atomic E-state index is 0.0593. The van der Waals surface area contributed by atoms with Gasteiger partial charge in [0.1, 0.15) is 0 Å². The van der Waals surface area contributed by atoms with Gasteiger partial charge in [0.2, 0.25) is 0 Å². The molecule has 0 spiro atoms. The largest absolute Gasteiger partial charge is 0.399 e. The molecule has 0 atom stereocenters. The molecule has 5 nitrogen and oxygen atoms in total. The van der Waals surface area contributed by atoms with E-state index in [2.05, 4.69) is 0 Å². The zero-order valence-electron chi connectivity index (χ0n) is 7.06. The molecule has 0 fully saturated rings. The average molecular weight is 209 g/mol. The summed E-state index contributed by atoms with van der Waals surface area (Å²) in [6.07, 6.45) is 0. The highest BCUT2D eigenvalue weighted by atomic mass is 32.1. The molecule has 0 aliphatic carbocycles. The second-order valence-electron chi connectivity index (χ2n) is 2.86. The maximum Gasteiger partial charge on any atom is 0.287 e. The molecule has 0 saturated heterocycles. The summed E-state index contributed by atoms with van der Waals surface area (Å²) in [5.74, 6) is 0. The van der Waals surface area contributed by atoms with E-state index in [1.54, 1.807) is 12.1 Å². The maximum atomic E-state index is 10.6. The van der Waals surface area contributed by atoms with Crippen molar-refractivity contribution in [3.63, 3.8) is 0 Å². The SMILES string of the molecule is Nc1cc(N)c2scc([N+](=O)[O-])c2c1. The normalized spacial score (nSPS) is 10.6. The van der Waals surface area contributed by atoms with Crippen molar-refractivity contribution in [1.29, 1.82) is 0 Å². The number of benzene rings is 1. The molecule has 0 aliphatic rings. The van der Waals surface area contributed by atoms with E-state index in [9.17, 15) is 10.1 Å². The summed E-state index contributed by atoms with van der Waals surface area (Å²) < 4.78 is 0.714. The number of nitrogen functional groups attached to an aromatic ring is 2. The number of nitrogens with two attached hydrogens (primary N) is 2. The van der Waals surface area contributed by atoms with E-state index < -0.39 is 4.92 Å². The van der Waals surface area contributed by atoms with Crippen molar-refractivity contribution in [2.75, 3.05) is 11.5 Å². The second kappa shape index (κ2) is 2.85. The number of anilines is 2. The standard InChI is InChI=1S/C8H7N3O2S/c9-4-1-5-7(11(12)13)3-14-8(5)6(10)2-4/h1-3H,9-10H2. The summed E-state index contributed by atoms with van der Waals surface area (Å²) in [5, 5.41) is 12.6. The van der Waals surface area contributed by atoms with E-state index in [0.717, 1.165) is 0 Å². The van der Waals surface area contributed by atoms with Gasteiger partial charge in [0.25, 0.3) is 5.69 Å². The monoisotopic (exact) mass is 209 g/mol. The Morgan fingerprint density at radius 3 is 2.71 bits per heavy atom. The quantitative estimate of drug-likeness (QED) is 0.426. The fraction of sp³-hybridized carbons (Fsp3) is 0. The highest BCUT2D eigenvalue weighted by Gasteiger charge is 2.15. The van der Waals surface area contributed by atoms with Gasteiger partial charge in [-0.25, -0.2) is 0 Å². The van der Waals surface area contributed by atoms with Gasteiger partial charge in [-0.05, 0) is 12.1 Å². The zero-order valence-corrected chi connectivity index (χ0v) is 7.88. The lowest BCUT2D eigenvalue weighted by Crippen LogP contribution is -1.91. The molecule has 2 rings (SSSR count). The second-order valence-corrected chi connectivity index (χ2v) is 3.74. The van der Waals surface area contributed by atoms with E-state index in [1.165, 1.54) is 16.7 Å². The van der Waals surface area contributed by atoms with E-state index >= 15 is 0 Å². The zero-order chi connectivity index (χ0) is 10.3. The lowest BCUT2D eigenvalue weighted by atomic mass is 10.2. The van der Waals surface area contributed by atoms with E-state index in [-0.39, 0.29) is 5.69 Å². The van der Waals surface area contributed by atoms with Crippen LogP contribution in [0, 0.1) is 10.1 Å². The number of nitrogens with zero attached hydrogens (tertiary/aromatic N) is 1. The summed E-state index contributed by atoms with van der Waals surface area (Å²) in [6, 6.07) is 3.17. The molecule has 0 radical (unpaired) electrons. The third kappa shape index (κ3) is 1.16. The van der Waals surface area contributed by atoms with Gasteiger partial charge in [-0.15, -0.1) is 11.3 Å². The predicted molar refractivity (Wildman–Crippen MR) is 57.3 cm³/mol. The van der Waals surface area contributed by atoms with E-state index in [0.29, 0.717) is 21.5 Å². The van der Waals surface area contributed by atoms with Crippen LogP contribution >= 0.6 is 11.3 Å². The summed E-state index contributed by atoms with van der Waals surface area (Å²) in [7, 11) is 0. The van der Waals surface area contributed by atoms with Crippen LogP contribution in [0.3, 0.4) is 0 Å². The van der Waals surface area contributed by atoms with Gasteiger partial charge < -0.3 is 11.5 Å². The Morgan fingerprint density at radius 2 is 2.07 bits per heavy atom. The van der Waals surface area contributed by atoms with Crippen molar-refractivity contribution >= 4 is 38.5 Å². The van der Waals surface area contributed by atoms with Gasteiger partial charge in [-0.3, -0.25) is 10.1 Å². The molecule has 0 unspecified atom stereocenters. The highest BCUT2D eigenvalue weighted by Crippen LogP contribution is 2.36. The fourth-order valence-corrected chi connectivity index (χ4v) is 2.24. The summed E-state index contributed by atoms with van der Waals surface area (Å²) >= 11 is 1.26. The fourth-order valence-electron chi connectivity index (χ4n) is 1.32. The Kier molecular flexibility index (Phi) is 1.78. The van der Waals surface area contributed by atoms with E-state index in [1.807, 2.05) is 0 Å². The molecule has 0 saturated carbocycles. The van der Waals surface area contributed by atoms with Gasteiger partial charge in [0.05, 0.1) is 26.1 Å². The summed E-state index contributed by atoms with van der Waals surface area (Å²) in [6.45, 7) is 0. The van der Waals surface area contributed by atoms with Gasteiger partial charge in [0, 0.05) is 5.69 Å². The van der Waals surface area contributed by atoms with E-state index in [4.69, 9.17) is 11.5 Å². The van der Waals surface area contributed by atoms with Crippen molar-refractivity contribution in [3.8, 4) is 0 Å². The van der Waals surface area contributed by atoms with Gasteiger partial charge in [0.15, 0.2) is 0 Å². The molecular formula is C8H7N3O2S. The molecule has 0 aliphatic heterocycles. The highest BCUT2D eigenvalue weighted by molar-refractivity contribution is 7.18. The number of thiophene rings is 1. The Hall–Kier alpha value is -1.82. The molecule has 2 aromatic rings. The third-order valence-corrected chi connectivity index (χ3v) is 2.93. The summed E-state index contributed by atoms with van der Waals surface area (Å²) in [4.78, 5) is 10.2. The van der Waals surface area contributed by atoms with Crippen LogP contribution < -0.4 is 11.5 Å². The topological polar surface area (TPSA) is 95.2 Å². The molecule has 72 valence electrons. The van der Waals surface area contributed by atoms with Crippen molar-refractivity contribution in [2.45, 2.75) is 0 Å². The molecular weight excluding hydrogens is 202 g/mol. The molecule has 1 aromatic heterocycles. The van der Waals surface area contributed by atoms with Gasteiger partial charge >= 0.3 is 0 Å². The molecule has 4 N–H and O–H groups in total. The Morgan fingerprint density at radius 1 is 1.36 bits per heavy atom.